The Hall–Kier alpha value is -2.89. The van der Waals surface area contributed by atoms with E-state index in [4.69, 9.17) is 0 Å². The van der Waals surface area contributed by atoms with E-state index in [0.717, 1.165) is 37.1 Å². The van der Waals surface area contributed by atoms with Gasteiger partial charge < -0.3 is 14.7 Å². The summed E-state index contributed by atoms with van der Waals surface area (Å²) in [7, 11) is 3.96. The highest BCUT2D eigenvalue weighted by atomic mass is 19.1. The number of nitrogens with zero attached hydrogens (tertiary/aromatic N) is 3. The van der Waals surface area contributed by atoms with Crippen molar-refractivity contribution in [2.24, 2.45) is 5.92 Å². The van der Waals surface area contributed by atoms with Gasteiger partial charge in [0.25, 0.3) is 5.91 Å². The van der Waals surface area contributed by atoms with Crippen molar-refractivity contribution in [3.8, 4) is 0 Å². The van der Waals surface area contributed by atoms with E-state index in [2.05, 4.69) is 0 Å². The van der Waals surface area contributed by atoms with E-state index in [9.17, 15) is 14.0 Å². The minimum atomic E-state index is -0.316. The summed E-state index contributed by atoms with van der Waals surface area (Å²) in [6.45, 7) is 2.08. The number of anilines is 1. The molecule has 2 atom stereocenters. The van der Waals surface area contributed by atoms with E-state index >= 15 is 0 Å². The first kappa shape index (κ1) is 21.3. The lowest BCUT2D eigenvalue weighted by atomic mass is 9.83. The van der Waals surface area contributed by atoms with Gasteiger partial charge in [-0.25, -0.2) is 4.39 Å². The lowest BCUT2D eigenvalue weighted by Crippen LogP contribution is -2.56. The summed E-state index contributed by atoms with van der Waals surface area (Å²) in [5.74, 6) is 0.0966. The molecule has 5 nitrogen and oxygen atoms in total. The van der Waals surface area contributed by atoms with Crippen molar-refractivity contribution < 1.29 is 14.0 Å². The van der Waals surface area contributed by atoms with Gasteiger partial charge in [0.15, 0.2) is 0 Å². The minimum absolute atomic E-state index is 0.0341. The number of fused-ring (bicyclic) bond motifs is 1. The number of halogens is 1. The van der Waals surface area contributed by atoms with Crippen molar-refractivity contribution in [3.05, 3.63) is 65.5 Å². The van der Waals surface area contributed by atoms with Gasteiger partial charge in [-0.3, -0.25) is 9.59 Å². The van der Waals surface area contributed by atoms with Crippen LogP contribution in [0.1, 0.15) is 35.2 Å². The van der Waals surface area contributed by atoms with Crippen LogP contribution in [-0.2, 0) is 11.2 Å². The molecule has 164 valence electrons. The molecule has 2 saturated heterocycles. The van der Waals surface area contributed by atoms with Crippen molar-refractivity contribution in [3.63, 3.8) is 0 Å². The Balaban J connectivity index is 1.41. The molecule has 0 N–H and O–H groups in total. The summed E-state index contributed by atoms with van der Waals surface area (Å²) in [6.07, 6.45) is 2.99. The highest BCUT2D eigenvalue weighted by Gasteiger charge is 2.39. The smallest absolute Gasteiger partial charge is 0.254 e. The van der Waals surface area contributed by atoms with Gasteiger partial charge in [0.2, 0.25) is 5.91 Å². The van der Waals surface area contributed by atoms with Crippen LogP contribution in [0.2, 0.25) is 0 Å². The third-order valence-electron chi connectivity index (χ3n) is 6.56. The number of piperidine rings is 2. The molecular weight excluding hydrogens is 393 g/mol. The number of carbonyl (C=O) groups is 2. The summed E-state index contributed by atoms with van der Waals surface area (Å²) < 4.78 is 13.4. The molecule has 31 heavy (non-hydrogen) atoms. The lowest BCUT2D eigenvalue weighted by molar-refractivity contribution is -0.133. The molecule has 2 aromatic rings. The molecule has 2 aliphatic heterocycles. The number of benzene rings is 2. The fourth-order valence-electron chi connectivity index (χ4n) is 4.88. The predicted octanol–water partition coefficient (Wildman–Crippen LogP) is 3.59. The third-order valence-corrected chi connectivity index (χ3v) is 6.56. The number of likely N-dealkylation sites (tertiary alicyclic amines) is 2. The van der Waals surface area contributed by atoms with Crippen LogP contribution in [0.5, 0.6) is 0 Å². The Bertz CT molecular complexity index is 944. The van der Waals surface area contributed by atoms with Crippen LogP contribution < -0.4 is 4.90 Å². The van der Waals surface area contributed by atoms with E-state index in [-0.39, 0.29) is 30.1 Å². The van der Waals surface area contributed by atoms with Crippen molar-refractivity contribution >= 4 is 17.5 Å². The predicted molar refractivity (Wildman–Crippen MR) is 120 cm³/mol. The zero-order valence-electron chi connectivity index (χ0n) is 18.3. The third kappa shape index (κ3) is 4.73. The molecule has 0 aliphatic carbocycles. The van der Waals surface area contributed by atoms with Gasteiger partial charge in [-0.1, -0.05) is 12.1 Å². The Kier molecular flexibility index (Phi) is 6.25. The Morgan fingerprint density at radius 3 is 2.55 bits per heavy atom. The van der Waals surface area contributed by atoms with Gasteiger partial charge >= 0.3 is 0 Å². The second-order valence-electron chi connectivity index (χ2n) is 8.84. The van der Waals surface area contributed by atoms with Gasteiger partial charge in [0.1, 0.15) is 5.82 Å². The SMILES string of the molecule is CN(C)c1ccc(C(=O)N2CCC[C@@H]3CN(C(=O)Cc4cccc(F)c4)CC[C@@H]32)cc1. The summed E-state index contributed by atoms with van der Waals surface area (Å²) >= 11 is 0. The number of hydrogen-bond donors (Lipinski definition) is 0. The fraction of sp³-hybridized carbons (Fsp3) is 0.440. The molecule has 0 bridgehead atoms. The first-order chi connectivity index (χ1) is 14.9. The second-order valence-corrected chi connectivity index (χ2v) is 8.84. The average Bonchev–Trinajstić information content (AvgIpc) is 2.78. The normalized spacial score (nSPS) is 20.9. The van der Waals surface area contributed by atoms with E-state index in [0.29, 0.717) is 24.6 Å². The highest BCUT2D eigenvalue weighted by Crippen LogP contribution is 2.32. The maximum atomic E-state index is 13.4. The number of rotatable bonds is 4. The largest absolute Gasteiger partial charge is 0.378 e. The van der Waals surface area contributed by atoms with Crippen LogP contribution in [0.3, 0.4) is 0 Å². The monoisotopic (exact) mass is 423 g/mol. The van der Waals surface area contributed by atoms with Crippen molar-refractivity contribution in [1.29, 1.82) is 0 Å². The summed E-state index contributed by atoms with van der Waals surface area (Å²) in [5.41, 5.74) is 2.49. The molecule has 0 spiro atoms. The molecule has 0 radical (unpaired) electrons. The molecule has 4 rings (SSSR count). The Labute approximate surface area is 183 Å². The van der Waals surface area contributed by atoms with Gasteiger partial charge in [0, 0.05) is 51.0 Å². The van der Waals surface area contributed by atoms with Crippen LogP contribution in [0.15, 0.2) is 48.5 Å². The van der Waals surface area contributed by atoms with Crippen LogP contribution in [0, 0.1) is 11.7 Å². The standard InChI is InChI=1S/C25H30FN3O2/c1-27(2)22-10-8-19(9-11-22)25(31)29-13-4-6-20-17-28(14-12-23(20)29)24(30)16-18-5-3-7-21(26)15-18/h3,5,7-11,15,20,23H,4,6,12-14,16-17H2,1-2H3/t20-,23+/m1/s1. The zero-order chi connectivity index (χ0) is 22.0. The van der Waals surface area contributed by atoms with E-state index in [1.54, 1.807) is 12.1 Å². The molecular formula is C25H30FN3O2. The Morgan fingerprint density at radius 1 is 1.06 bits per heavy atom. The topological polar surface area (TPSA) is 43.9 Å². The lowest BCUT2D eigenvalue weighted by Gasteiger charge is -2.47. The van der Waals surface area contributed by atoms with Gasteiger partial charge in [-0.2, -0.15) is 0 Å². The molecule has 0 saturated carbocycles. The first-order valence-corrected chi connectivity index (χ1v) is 11.0. The van der Waals surface area contributed by atoms with Crippen LogP contribution in [0.25, 0.3) is 0 Å². The molecule has 2 heterocycles. The summed E-state index contributed by atoms with van der Waals surface area (Å²) in [6, 6.07) is 14.2. The molecule has 6 heteroatoms. The van der Waals surface area contributed by atoms with E-state index in [1.165, 1.54) is 12.1 Å². The van der Waals surface area contributed by atoms with Crippen LogP contribution in [-0.4, -0.2) is 61.4 Å². The molecule has 2 fully saturated rings. The quantitative estimate of drug-likeness (QED) is 0.755. The van der Waals surface area contributed by atoms with Gasteiger partial charge in [-0.15, -0.1) is 0 Å². The van der Waals surface area contributed by atoms with Crippen molar-refractivity contribution in [2.75, 3.05) is 38.6 Å². The van der Waals surface area contributed by atoms with Crippen LogP contribution in [0.4, 0.5) is 10.1 Å². The average molecular weight is 424 g/mol. The van der Waals surface area contributed by atoms with Crippen LogP contribution >= 0.6 is 0 Å². The van der Waals surface area contributed by atoms with Crippen molar-refractivity contribution in [2.45, 2.75) is 31.7 Å². The van der Waals surface area contributed by atoms with E-state index in [1.807, 2.05) is 53.1 Å². The number of amides is 2. The molecule has 0 aromatic heterocycles. The maximum absolute atomic E-state index is 13.4. The summed E-state index contributed by atoms with van der Waals surface area (Å²) in [4.78, 5) is 31.9. The molecule has 0 unspecified atom stereocenters. The van der Waals surface area contributed by atoms with Crippen molar-refractivity contribution in [1.82, 2.24) is 9.80 Å². The first-order valence-electron chi connectivity index (χ1n) is 11.0. The maximum Gasteiger partial charge on any atom is 0.254 e. The fourth-order valence-corrected chi connectivity index (χ4v) is 4.88. The minimum Gasteiger partial charge on any atom is -0.378 e. The van der Waals surface area contributed by atoms with Gasteiger partial charge in [-0.05, 0) is 67.1 Å². The number of hydrogen-bond acceptors (Lipinski definition) is 3. The number of carbonyl (C=O) groups excluding carboxylic acids is 2. The molecule has 2 aliphatic rings. The molecule has 2 aromatic carbocycles. The zero-order valence-corrected chi connectivity index (χ0v) is 18.3. The van der Waals surface area contributed by atoms with E-state index < -0.39 is 0 Å². The highest BCUT2D eigenvalue weighted by molar-refractivity contribution is 5.95. The Morgan fingerprint density at radius 2 is 1.84 bits per heavy atom. The van der Waals surface area contributed by atoms with Gasteiger partial charge in [0.05, 0.1) is 6.42 Å². The molecule has 2 amide bonds. The summed E-state index contributed by atoms with van der Waals surface area (Å²) in [5, 5.41) is 0. The second kappa shape index (κ2) is 9.08.